The Bertz CT molecular complexity index is 715. The number of aliphatic hydroxyl groups excluding tert-OH is 1. The first-order valence-electron chi connectivity index (χ1n) is 5.88. The minimum absolute atomic E-state index is 0.119. The van der Waals surface area contributed by atoms with E-state index in [1.807, 2.05) is 0 Å². The van der Waals surface area contributed by atoms with Gasteiger partial charge in [-0.1, -0.05) is 23.2 Å². The first kappa shape index (κ1) is 14.8. The number of phenols is 1. The Balaban J connectivity index is 2.12. The van der Waals surface area contributed by atoms with E-state index in [-0.39, 0.29) is 17.9 Å². The van der Waals surface area contributed by atoms with Gasteiger partial charge in [-0.05, 0) is 12.1 Å². The van der Waals surface area contributed by atoms with Crippen molar-refractivity contribution in [3.63, 3.8) is 0 Å². The van der Waals surface area contributed by atoms with Crippen molar-refractivity contribution in [1.29, 1.82) is 0 Å². The van der Waals surface area contributed by atoms with Gasteiger partial charge in [0.15, 0.2) is 5.13 Å². The Morgan fingerprint density at radius 3 is 3.00 bits per heavy atom. The third-order valence-electron chi connectivity index (χ3n) is 2.47. The SMILES string of the molecule is COc1ccc(C(=O)Nc2ncc(C#CCO)s2)c(O)c1. The molecule has 0 spiro atoms. The molecule has 1 aromatic carbocycles. The molecular weight excluding hydrogens is 292 g/mol. The van der Waals surface area contributed by atoms with Crippen molar-refractivity contribution in [1.82, 2.24) is 4.98 Å². The van der Waals surface area contributed by atoms with Crippen LogP contribution in [0.15, 0.2) is 24.4 Å². The molecule has 0 unspecified atom stereocenters. The zero-order chi connectivity index (χ0) is 15.2. The minimum Gasteiger partial charge on any atom is -0.507 e. The Labute approximate surface area is 125 Å². The maximum absolute atomic E-state index is 12.0. The van der Waals surface area contributed by atoms with Crippen molar-refractivity contribution < 1.29 is 19.7 Å². The molecule has 0 aliphatic carbocycles. The molecule has 108 valence electrons. The highest BCUT2D eigenvalue weighted by atomic mass is 32.1. The summed E-state index contributed by atoms with van der Waals surface area (Å²) in [5.74, 6) is 4.99. The average Bonchev–Trinajstić information content (AvgIpc) is 2.92. The Kier molecular flexibility index (Phi) is 4.77. The Morgan fingerprint density at radius 2 is 2.33 bits per heavy atom. The molecule has 2 aromatic rings. The summed E-state index contributed by atoms with van der Waals surface area (Å²) in [6.45, 7) is -0.237. The van der Waals surface area contributed by atoms with Crippen LogP contribution in [0.1, 0.15) is 15.2 Å². The molecule has 0 radical (unpaired) electrons. The molecule has 0 fully saturated rings. The monoisotopic (exact) mass is 304 g/mol. The van der Waals surface area contributed by atoms with Crippen LogP contribution in [0.3, 0.4) is 0 Å². The largest absolute Gasteiger partial charge is 0.507 e. The van der Waals surface area contributed by atoms with Gasteiger partial charge in [-0.25, -0.2) is 4.98 Å². The molecule has 1 heterocycles. The first-order valence-corrected chi connectivity index (χ1v) is 6.69. The third-order valence-corrected chi connectivity index (χ3v) is 3.29. The van der Waals surface area contributed by atoms with E-state index in [0.29, 0.717) is 15.8 Å². The van der Waals surface area contributed by atoms with Gasteiger partial charge in [0.05, 0.1) is 23.7 Å². The summed E-state index contributed by atoms with van der Waals surface area (Å²) in [5.41, 5.74) is 0.119. The van der Waals surface area contributed by atoms with Gasteiger partial charge in [0.2, 0.25) is 0 Å². The number of benzene rings is 1. The summed E-state index contributed by atoms with van der Waals surface area (Å²) in [5, 5.41) is 21.3. The number of aromatic nitrogens is 1. The number of carbonyl (C=O) groups excluding carboxylic acids is 1. The van der Waals surface area contributed by atoms with Gasteiger partial charge in [-0.2, -0.15) is 0 Å². The van der Waals surface area contributed by atoms with E-state index in [9.17, 15) is 9.90 Å². The predicted molar refractivity (Wildman–Crippen MR) is 78.7 cm³/mol. The first-order chi connectivity index (χ1) is 10.1. The number of aromatic hydroxyl groups is 1. The van der Waals surface area contributed by atoms with Crippen LogP contribution in [-0.2, 0) is 0 Å². The van der Waals surface area contributed by atoms with Gasteiger partial charge in [-0.15, -0.1) is 0 Å². The molecule has 0 aliphatic rings. The number of phenolic OH excluding ortho intramolecular Hbond substituents is 1. The molecule has 0 bridgehead atoms. The number of methoxy groups -OCH3 is 1. The van der Waals surface area contributed by atoms with Crippen LogP contribution < -0.4 is 10.1 Å². The lowest BCUT2D eigenvalue weighted by Crippen LogP contribution is -2.11. The smallest absolute Gasteiger partial charge is 0.261 e. The van der Waals surface area contributed by atoms with Crippen LogP contribution in [0.2, 0.25) is 0 Å². The average molecular weight is 304 g/mol. The van der Waals surface area contributed by atoms with Crippen molar-refractivity contribution in [2.45, 2.75) is 0 Å². The van der Waals surface area contributed by atoms with Crippen LogP contribution in [0.25, 0.3) is 0 Å². The van der Waals surface area contributed by atoms with Gasteiger partial charge in [0.25, 0.3) is 5.91 Å². The zero-order valence-electron chi connectivity index (χ0n) is 11.1. The van der Waals surface area contributed by atoms with Gasteiger partial charge >= 0.3 is 0 Å². The number of nitrogens with zero attached hydrogens (tertiary/aromatic N) is 1. The fraction of sp³-hybridized carbons (Fsp3) is 0.143. The number of ether oxygens (including phenoxy) is 1. The molecule has 1 amide bonds. The molecule has 0 saturated heterocycles. The minimum atomic E-state index is -0.480. The van der Waals surface area contributed by atoms with Gasteiger partial charge < -0.3 is 14.9 Å². The lowest BCUT2D eigenvalue weighted by Gasteiger charge is -2.06. The fourth-order valence-electron chi connectivity index (χ4n) is 1.51. The summed E-state index contributed by atoms with van der Waals surface area (Å²) in [6, 6.07) is 4.40. The summed E-state index contributed by atoms with van der Waals surface area (Å²) >= 11 is 1.18. The molecule has 7 heteroatoms. The molecule has 1 aromatic heterocycles. The maximum Gasteiger partial charge on any atom is 0.261 e. The standard InChI is InChI=1S/C14H12N2O4S/c1-20-9-4-5-11(12(18)7-9)13(19)16-14-15-8-10(21-14)3-2-6-17/h4-5,7-8,17-18H,6H2,1H3,(H,15,16,19). The van der Waals surface area contributed by atoms with Crippen LogP contribution in [0.5, 0.6) is 11.5 Å². The number of nitrogens with one attached hydrogen (secondary N) is 1. The summed E-state index contributed by atoms with van der Waals surface area (Å²) < 4.78 is 4.95. The summed E-state index contributed by atoms with van der Waals surface area (Å²) in [6.07, 6.45) is 1.50. The van der Waals surface area contributed by atoms with Crippen LogP contribution >= 0.6 is 11.3 Å². The second-order valence-corrected chi connectivity index (χ2v) is 4.86. The topological polar surface area (TPSA) is 91.7 Å². The van der Waals surface area contributed by atoms with E-state index < -0.39 is 5.91 Å². The number of hydrogen-bond donors (Lipinski definition) is 3. The van der Waals surface area contributed by atoms with Gasteiger partial charge in [0, 0.05) is 6.07 Å². The quantitative estimate of drug-likeness (QED) is 0.747. The van der Waals surface area contributed by atoms with Crippen LogP contribution in [-0.4, -0.2) is 34.8 Å². The lowest BCUT2D eigenvalue weighted by molar-refractivity contribution is 0.102. The van der Waals surface area contributed by atoms with Crippen molar-refractivity contribution in [2.24, 2.45) is 0 Å². The lowest BCUT2D eigenvalue weighted by atomic mass is 10.2. The van der Waals surface area contributed by atoms with E-state index in [1.54, 1.807) is 6.07 Å². The third kappa shape index (κ3) is 3.72. The number of amides is 1. The van der Waals surface area contributed by atoms with E-state index in [1.165, 1.54) is 36.8 Å². The maximum atomic E-state index is 12.0. The predicted octanol–water partition coefficient (Wildman–Crippen LogP) is 1.45. The second kappa shape index (κ2) is 6.74. The number of carbonyl (C=O) groups is 1. The molecular formula is C14H12N2O4S. The van der Waals surface area contributed by atoms with Crippen LogP contribution in [0, 0.1) is 11.8 Å². The molecule has 21 heavy (non-hydrogen) atoms. The number of thiazole rings is 1. The van der Waals surface area contributed by atoms with Crippen molar-refractivity contribution in [3.8, 4) is 23.3 Å². The van der Waals surface area contributed by atoms with Gasteiger partial charge in [-0.3, -0.25) is 10.1 Å². The highest BCUT2D eigenvalue weighted by Crippen LogP contribution is 2.25. The molecule has 3 N–H and O–H groups in total. The number of aliphatic hydroxyl groups is 1. The highest BCUT2D eigenvalue weighted by molar-refractivity contribution is 7.16. The summed E-state index contributed by atoms with van der Waals surface area (Å²) in [4.78, 5) is 16.7. The number of rotatable bonds is 3. The van der Waals surface area contributed by atoms with Crippen molar-refractivity contribution >= 4 is 22.4 Å². The van der Waals surface area contributed by atoms with Crippen molar-refractivity contribution in [2.75, 3.05) is 19.0 Å². The molecule has 6 nitrogen and oxygen atoms in total. The Hall–Kier alpha value is -2.56. The van der Waals surface area contributed by atoms with Crippen LogP contribution in [0.4, 0.5) is 5.13 Å². The van der Waals surface area contributed by atoms with E-state index in [2.05, 4.69) is 22.1 Å². The number of anilines is 1. The normalized spacial score (nSPS) is 9.62. The van der Waals surface area contributed by atoms with Gasteiger partial charge in [0.1, 0.15) is 18.1 Å². The molecule has 0 aliphatic heterocycles. The van der Waals surface area contributed by atoms with E-state index in [0.717, 1.165) is 0 Å². The summed E-state index contributed by atoms with van der Waals surface area (Å²) in [7, 11) is 1.47. The van der Waals surface area contributed by atoms with E-state index in [4.69, 9.17) is 9.84 Å². The molecule has 2 rings (SSSR count). The van der Waals surface area contributed by atoms with Crippen molar-refractivity contribution in [3.05, 3.63) is 34.8 Å². The second-order valence-electron chi connectivity index (χ2n) is 3.83. The van der Waals surface area contributed by atoms with E-state index >= 15 is 0 Å². The Morgan fingerprint density at radius 1 is 1.52 bits per heavy atom. The number of hydrogen-bond acceptors (Lipinski definition) is 6. The molecule has 0 atom stereocenters. The fourth-order valence-corrected chi connectivity index (χ4v) is 2.20. The molecule has 0 saturated carbocycles. The highest BCUT2D eigenvalue weighted by Gasteiger charge is 2.13. The zero-order valence-corrected chi connectivity index (χ0v) is 11.9.